The highest BCUT2D eigenvalue weighted by Gasteiger charge is 2.26. The van der Waals surface area contributed by atoms with Crippen molar-refractivity contribution in [3.63, 3.8) is 0 Å². The van der Waals surface area contributed by atoms with E-state index >= 15 is 0 Å². The Bertz CT molecular complexity index is 1190. The molecule has 0 spiro atoms. The van der Waals surface area contributed by atoms with Crippen LogP contribution in [-0.4, -0.2) is 37.0 Å². The molecule has 3 aromatic rings. The zero-order valence-electron chi connectivity index (χ0n) is 19.8. The van der Waals surface area contributed by atoms with Gasteiger partial charge in [-0.15, -0.1) is 0 Å². The van der Waals surface area contributed by atoms with Crippen LogP contribution in [0.25, 0.3) is 5.57 Å². The van der Waals surface area contributed by atoms with E-state index in [2.05, 4.69) is 10.2 Å². The Balaban J connectivity index is 1.33. The summed E-state index contributed by atoms with van der Waals surface area (Å²) in [6.07, 6.45) is 6.74. The summed E-state index contributed by atoms with van der Waals surface area (Å²) in [7, 11) is 0. The predicted molar refractivity (Wildman–Crippen MR) is 138 cm³/mol. The number of carbonyl (C=O) groups excluding carboxylic acids is 1. The Hall–Kier alpha value is -3.64. The SMILES string of the molecule is O=C1Nc2ccc(F)cc2C1=CN(c1ccccc1)c1ccc(OCCCN2CCCCC2)cc1. The van der Waals surface area contributed by atoms with Crippen molar-refractivity contribution in [2.24, 2.45) is 0 Å². The Morgan fingerprint density at radius 2 is 1.69 bits per heavy atom. The third kappa shape index (κ3) is 5.54. The summed E-state index contributed by atoms with van der Waals surface area (Å²) >= 11 is 0. The molecule has 0 aliphatic carbocycles. The zero-order valence-corrected chi connectivity index (χ0v) is 19.8. The molecular formula is C29H30FN3O2. The summed E-state index contributed by atoms with van der Waals surface area (Å²) in [5.74, 6) is 0.193. The Kier molecular flexibility index (Phi) is 7.09. The first-order valence-corrected chi connectivity index (χ1v) is 12.3. The van der Waals surface area contributed by atoms with E-state index in [1.54, 1.807) is 12.3 Å². The number of benzene rings is 3. The van der Waals surface area contributed by atoms with E-state index in [1.165, 1.54) is 44.5 Å². The molecule has 1 saturated heterocycles. The lowest BCUT2D eigenvalue weighted by molar-refractivity contribution is -0.110. The number of piperidine rings is 1. The van der Waals surface area contributed by atoms with Gasteiger partial charge in [-0.05, 0) is 86.9 Å². The molecule has 0 radical (unpaired) electrons. The standard InChI is InChI=1S/C29H30FN3O2/c30-22-10-15-28-26(20-22)27(29(34)31-28)21-33(23-8-3-1-4-9-23)24-11-13-25(14-12-24)35-19-7-18-32-16-5-2-6-17-32/h1,3-4,8-15,20-21H,2,5-7,16-19H2,(H,31,34). The number of halogens is 1. The van der Waals surface area contributed by atoms with Gasteiger partial charge in [0.2, 0.25) is 0 Å². The number of likely N-dealkylation sites (tertiary alicyclic amines) is 1. The van der Waals surface area contributed by atoms with Crippen molar-refractivity contribution in [3.05, 3.63) is 90.4 Å². The summed E-state index contributed by atoms with van der Waals surface area (Å²) in [5.41, 5.74) is 3.37. The summed E-state index contributed by atoms with van der Waals surface area (Å²) in [5, 5.41) is 2.82. The molecule has 5 rings (SSSR count). The van der Waals surface area contributed by atoms with Gasteiger partial charge >= 0.3 is 0 Å². The summed E-state index contributed by atoms with van der Waals surface area (Å²) in [6.45, 7) is 4.17. The second kappa shape index (κ2) is 10.7. The van der Waals surface area contributed by atoms with Gasteiger partial charge in [0.25, 0.3) is 5.91 Å². The first-order valence-electron chi connectivity index (χ1n) is 12.3. The molecule has 5 nitrogen and oxygen atoms in total. The molecule has 35 heavy (non-hydrogen) atoms. The Morgan fingerprint density at radius 1 is 0.943 bits per heavy atom. The second-order valence-electron chi connectivity index (χ2n) is 8.99. The number of para-hydroxylation sites is 1. The molecule has 0 aromatic heterocycles. The molecule has 2 aliphatic heterocycles. The van der Waals surface area contributed by atoms with Crippen molar-refractivity contribution in [3.8, 4) is 5.75 Å². The Morgan fingerprint density at radius 3 is 2.46 bits per heavy atom. The number of carbonyl (C=O) groups is 1. The van der Waals surface area contributed by atoms with E-state index < -0.39 is 0 Å². The van der Waals surface area contributed by atoms with Crippen molar-refractivity contribution in [1.82, 2.24) is 4.90 Å². The van der Waals surface area contributed by atoms with E-state index in [4.69, 9.17) is 4.74 Å². The summed E-state index contributed by atoms with van der Waals surface area (Å²) in [6, 6.07) is 22.0. The van der Waals surface area contributed by atoms with Crippen LogP contribution < -0.4 is 15.0 Å². The lowest BCUT2D eigenvalue weighted by Gasteiger charge is -2.26. The van der Waals surface area contributed by atoms with Crippen LogP contribution in [0.4, 0.5) is 21.5 Å². The van der Waals surface area contributed by atoms with E-state index in [9.17, 15) is 9.18 Å². The molecule has 0 bridgehead atoms. The molecule has 0 unspecified atom stereocenters. The molecule has 6 heteroatoms. The molecule has 180 valence electrons. The summed E-state index contributed by atoms with van der Waals surface area (Å²) in [4.78, 5) is 17.2. The van der Waals surface area contributed by atoms with Gasteiger partial charge in [-0.3, -0.25) is 4.79 Å². The molecule has 1 amide bonds. The van der Waals surface area contributed by atoms with Crippen molar-refractivity contribution in [2.45, 2.75) is 25.7 Å². The highest BCUT2D eigenvalue weighted by Crippen LogP contribution is 2.35. The highest BCUT2D eigenvalue weighted by molar-refractivity contribution is 6.31. The van der Waals surface area contributed by atoms with Crippen molar-refractivity contribution in [2.75, 3.05) is 36.5 Å². The molecule has 1 N–H and O–H groups in total. The van der Waals surface area contributed by atoms with Gasteiger partial charge in [0, 0.05) is 35.4 Å². The third-order valence-electron chi connectivity index (χ3n) is 6.51. The maximum absolute atomic E-state index is 13.9. The van der Waals surface area contributed by atoms with Gasteiger partial charge in [0.15, 0.2) is 0 Å². The molecule has 0 saturated carbocycles. The predicted octanol–water partition coefficient (Wildman–Crippen LogP) is 6.21. The van der Waals surface area contributed by atoms with Gasteiger partial charge < -0.3 is 19.9 Å². The minimum atomic E-state index is -0.376. The lowest BCUT2D eigenvalue weighted by atomic mass is 10.1. The van der Waals surface area contributed by atoms with Crippen LogP contribution in [0, 0.1) is 5.82 Å². The number of amides is 1. The van der Waals surface area contributed by atoms with Crippen LogP contribution in [0.15, 0.2) is 79.0 Å². The van der Waals surface area contributed by atoms with E-state index in [1.807, 2.05) is 59.5 Å². The number of hydrogen-bond acceptors (Lipinski definition) is 4. The second-order valence-corrected chi connectivity index (χ2v) is 8.99. The van der Waals surface area contributed by atoms with Crippen LogP contribution in [0.2, 0.25) is 0 Å². The normalized spacial score (nSPS) is 16.7. The van der Waals surface area contributed by atoms with Gasteiger partial charge in [0.1, 0.15) is 11.6 Å². The largest absolute Gasteiger partial charge is 0.494 e. The highest BCUT2D eigenvalue weighted by atomic mass is 19.1. The average molecular weight is 472 g/mol. The van der Waals surface area contributed by atoms with Crippen LogP contribution >= 0.6 is 0 Å². The average Bonchev–Trinajstić information content (AvgIpc) is 3.20. The first-order chi connectivity index (χ1) is 17.2. The molecule has 3 aromatic carbocycles. The number of fused-ring (bicyclic) bond motifs is 1. The van der Waals surface area contributed by atoms with Crippen LogP contribution in [0.1, 0.15) is 31.2 Å². The minimum Gasteiger partial charge on any atom is -0.494 e. The monoisotopic (exact) mass is 471 g/mol. The fourth-order valence-corrected chi connectivity index (χ4v) is 4.67. The lowest BCUT2D eigenvalue weighted by Crippen LogP contribution is -2.31. The number of nitrogens with one attached hydrogen (secondary N) is 1. The Labute approximate surface area is 205 Å². The van der Waals surface area contributed by atoms with Gasteiger partial charge in [-0.2, -0.15) is 0 Å². The van der Waals surface area contributed by atoms with Gasteiger partial charge in [-0.25, -0.2) is 4.39 Å². The maximum Gasteiger partial charge on any atom is 0.257 e. The molecular weight excluding hydrogens is 441 g/mol. The van der Waals surface area contributed by atoms with Gasteiger partial charge in [-0.1, -0.05) is 24.6 Å². The number of anilines is 3. The zero-order chi connectivity index (χ0) is 24.0. The minimum absolute atomic E-state index is 0.250. The topological polar surface area (TPSA) is 44.8 Å². The quantitative estimate of drug-likeness (QED) is 0.313. The van der Waals surface area contributed by atoms with Crippen LogP contribution in [-0.2, 0) is 4.79 Å². The maximum atomic E-state index is 13.9. The molecule has 1 fully saturated rings. The van der Waals surface area contributed by atoms with E-state index in [0.29, 0.717) is 23.4 Å². The van der Waals surface area contributed by atoms with E-state index in [0.717, 1.165) is 30.1 Å². The number of hydrogen-bond donors (Lipinski definition) is 1. The summed E-state index contributed by atoms with van der Waals surface area (Å²) < 4.78 is 19.9. The van der Waals surface area contributed by atoms with E-state index in [-0.39, 0.29) is 11.7 Å². The van der Waals surface area contributed by atoms with Crippen molar-refractivity contribution >= 4 is 28.5 Å². The van der Waals surface area contributed by atoms with Crippen LogP contribution in [0.3, 0.4) is 0 Å². The van der Waals surface area contributed by atoms with Crippen LogP contribution in [0.5, 0.6) is 5.75 Å². The third-order valence-corrected chi connectivity index (χ3v) is 6.51. The fourth-order valence-electron chi connectivity index (χ4n) is 4.67. The number of ether oxygens (including phenoxy) is 1. The number of nitrogens with zero attached hydrogens (tertiary/aromatic N) is 2. The molecule has 0 atom stereocenters. The first kappa shape index (κ1) is 23.1. The molecule has 2 heterocycles. The molecule has 2 aliphatic rings. The van der Waals surface area contributed by atoms with Crippen molar-refractivity contribution < 1.29 is 13.9 Å². The fraction of sp³-hybridized carbons (Fsp3) is 0.276. The van der Waals surface area contributed by atoms with Crippen molar-refractivity contribution in [1.29, 1.82) is 0 Å². The van der Waals surface area contributed by atoms with Gasteiger partial charge in [0.05, 0.1) is 12.2 Å². The smallest absolute Gasteiger partial charge is 0.257 e. The number of rotatable bonds is 8.